The molecule has 1 amide bonds. The number of thiazole rings is 1. The van der Waals surface area contributed by atoms with Crippen LogP contribution in [0.2, 0.25) is 0 Å². The molecule has 2 aromatic carbocycles. The standard InChI is InChI=1S/C26H34N4O3S2/c1-4-28(5-2)18-19-30(26-27-24-20(3)10-9-11-23(24)34-26)25(31)21-12-14-22(15-13-21)35(32,33)29-16-7-6-8-17-29/h9-15H,4-8,16-19H2,1-3H3. The normalized spacial score (nSPS) is 15.1. The molecule has 188 valence electrons. The van der Waals surface area contributed by atoms with Crippen molar-refractivity contribution in [3.63, 3.8) is 0 Å². The number of rotatable bonds is 9. The third kappa shape index (κ3) is 5.58. The first kappa shape index (κ1) is 25.8. The third-order valence-corrected chi connectivity index (χ3v) is 9.63. The average Bonchev–Trinajstić information content (AvgIpc) is 3.32. The summed E-state index contributed by atoms with van der Waals surface area (Å²) < 4.78 is 28.6. The fourth-order valence-electron chi connectivity index (χ4n) is 4.43. The van der Waals surface area contributed by atoms with E-state index in [9.17, 15) is 13.2 Å². The van der Waals surface area contributed by atoms with E-state index in [-0.39, 0.29) is 10.8 Å². The van der Waals surface area contributed by atoms with E-state index in [2.05, 4.69) is 18.7 Å². The van der Waals surface area contributed by atoms with Gasteiger partial charge in [0.2, 0.25) is 10.0 Å². The maximum atomic E-state index is 13.7. The minimum Gasteiger partial charge on any atom is -0.302 e. The number of piperidine rings is 1. The van der Waals surface area contributed by atoms with Crippen LogP contribution < -0.4 is 4.90 Å². The molecule has 9 heteroatoms. The number of carbonyl (C=O) groups excluding carboxylic acids is 1. The second-order valence-electron chi connectivity index (χ2n) is 8.89. The molecular formula is C26H34N4O3S2. The van der Waals surface area contributed by atoms with Gasteiger partial charge in [-0.2, -0.15) is 4.31 Å². The Morgan fingerprint density at radius 2 is 1.69 bits per heavy atom. The van der Waals surface area contributed by atoms with Crippen molar-refractivity contribution in [2.45, 2.75) is 44.9 Å². The molecule has 0 N–H and O–H groups in total. The molecule has 0 radical (unpaired) electrons. The average molecular weight is 515 g/mol. The van der Waals surface area contributed by atoms with Crippen LogP contribution in [0.1, 0.15) is 49.0 Å². The van der Waals surface area contributed by atoms with Crippen molar-refractivity contribution in [1.29, 1.82) is 0 Å². The molecule has 1 aromatic heterocycles. The lowest BCUT2D eigenvalue weighted by Crippen LogP contribution is -2.39. The zero-order chi connectivity index (χ0) is 25.0. The number of hydrogen-bond acceptors (Lipinski definition) is 6. The summed E-state index contributed by atoms with van der Waals surface area (Å²) in [5.74, 6) is -0.171. The highest BCUT2D eigenvalue weighted by Crippen LogP contribution is 2.31. The summed E-state index contributed by atoms with van der Waals surface area (Å²) in [6.07, 6.45) is 2.84. The highest BCUT2D eigenvalue weighted by atomic mass is 32.2. The van der Waals surface area contributed by atoms with Crippen molar-refractivity contribution in [2.75, 3.05) is 44.2 Å². The molecule has 1 fully saturated rings. The number of fused-ring (bicyclic) bond motifs is 1. The molecule has 35 heavy (non-hydrogen) atoms. The van der Waals surface area contributed by atoms with E-state index in [0.717, 1.165) is 54.7 Å². The van der Waals surface area contributed by atoms with Crippen molar-refractivity contribution in [3.8, 4) is 0 Å². The number of hydrogen-bond donors (Lipinski definition) is 0. The number of aryl methyl sites for hydroxylation is 1. The van der Waals surface area contributed by atoms with Gasteiger partial charge in [-0.15, -0.1) is 0 Å². The lowest BCUT2D eigenvalue weighted by molar-refractivity contribution is 0.0983. The maximum absolute atomic E-state index is 13.7. The van der Waals surface area contributed by atoms with E-state index in [4.69, 9.17) is 4.98 Å². The summed E-state index contributed by atoms with van der Waals surface area (Å²) in [4.78, 5) is 22.7. The number of aromatic nitrogens is 1. The van der Waals surface area contributed by atoms with E-state index in [1.165, 1.54) is 11.3 Å². The third-order valence-electron chi connectivity index (χ3n) is 6.67. The van der Waals surface area contributed by atoms with Crippen LogP contribution in [0.15, 0.2) is 47.4 Å². The molecular weight excluding hydrogens is 480 g/mol. The second kappa shape index (κ2) is 11.2. The van der Waals surface area contributed by atoms with Gasteiger partial charge in [-0.05, 0) is 68.8 Å². The SMILES string of the molecule is CCN(CC)CCN(C(=O)c1ccc(S(=O)(=O)N2CCCCC2)cc1)c1nc2c(C)cccc2s1. The van der Waals surface area contributed by atoms with Crippen molar-refractivity contribution < 1.29 is 13.2 Å². The topological polar surface area (TPSA) is 73.8 Å². The van der Waals surface area contributed by atoms with Gasteiger partial charge in [-0.3, -0.25) is 9.69 Å². The Kier molecular flexibility index (Phi) is 8.21. The summed E-state index contributed by atoms with van der Waals surface area (Å²) in [6, 6.07) is 12.4. The molecule has 2 heterocycles. The number of benzene rings is 2. The highest BCUT2D eigenvalue weighted by Gasteiger charge is 2.27. The Balaban J connectivity index is 1.62. The van der Waals surface area contributed by atoms with Crippen LogP contribution in [0.25, 0.3) is 10.2 Å². The van der Waals surface area contributed by atoms with Crippen LogP contribution in [-0.2, 0) is 10.0 Å². The van der Waals surface area contributed by atoms with E-state index in [1.807, 2.05) is 25.1 Å². The molecule has 0 spiro atoms. The van der Waals surface area contributed by atoms with Crippen LogP contribution in [-0.4, -0.2) is 67.8 Å². The van der Waals surface area contributed by atoms with Crippen LogP contribution in [0.3, 0.4) is 0 Å². The lowest BCUT2D eigenvalue weighted by atomic mass is 10.2. The fraction of sp³-hybridized carbons (Fsp3) is 0.462. The summed E-state index contributed by atoms with van der Waals surface area (Å²) in [7, 11) is -3.54. The van der Waals surface area contributed by atoms with Gasteiger partial charge in [0.15, 0.2) is 5.13 Å². The molecule has 0 atom stereocenters. The second-order valence-corrected chi connectivity index (χ2v) is 11.8. The first-order chi connectivity index (χ1) is 16.8. The fourth-order valence-corrected chi connectivity index (χ4v) is 7.02. The molecule has 4 rings (SSSR count). The Bertz CT molecular complexity index is 1260. The number of nitrogens with zero attached hydrogens (tertiary/aromatic N) is 4. The Labute approximate surface area is 212 Å². The minimum absolute atomic E-state index is 0.171. The molecule has 0 bridgehead atoms. The maximum Gasteiger partial charge on any atom is 0.260 e. The van der Waals surface area contributed by atoms with Crippen LogP contribution in [0, 0.1) is 6.92 Å². The molecule has 0 unspecified atom stereocenters. The van der Waals surface area contributed by atoms with Crippen molar-refractivity contribution >= 4 is 42.6 Å². The van der Waals surface area contributed by atoms with Crippen molar-refractivity contribution in [1.82, 2.24) is 14.2 Å². The molecule has 7 nitrogen and oxygen atoms in total. The van der Waals surface area contributed by atoms with Gasteiger partial charge in [-0.1, -0.05) is 43.7 Å². The van der Waals surface area contributed by atoms with Gasteiger partial charge in [0.05, 0.1) is 15.1 Å². The zero-order valence-electron chi connectivity index (χ0n) is 20.7. The summed E-state index contributed by atoms with van der Waals surface area (Å²) in [6.45, 7) is 10.4. The van der Waals surface area contributed by atoms with Gasteiger partial charge in [0.25, 0.3) is 5.91 Å². The van der Waals surface area contributed by atoms with E-state index in [0.29, 0.717) is 30.3 Å². The lowest BCUT2D eigenvalue weighted by Gasteiger charge is -2.26. The number of sulfonamides is 1. The minimum atomic E-state index is -3.54. The number of anilines is 1. The Morgan fingerprint density at radius 1 is 1.00 bits per heavy atom. The van der Waals surface area contributed by atoms with Gasteiger partial charge in [-0.25, -0.2) is 13.4 Å². The zero-order valence-corrected chi connectivity index (χ0v) is 22.4. The summed E-state index contributed by atoms with van der Waals surface area (Å²) >= 11 is 1.51. The number of para-hydroxylation sites is 1. The highest BCUT2D eigenvalue weighted by molar-refractivity contribution is 7.89. The number of amides is 1. The van der Waals surface area contributed by atoms with Crippen molar-refractivity contribution in [3.05, 3.63) is 53.6 Å². The largest absolute Gasteiger partial charge is 0.302 e. The molecule has 1 aliphatic heterocycles. The Morgan fingerprint density at radius 3 is 2.31 bits per heavy atom. The monoisotopic (exact) mass is 514 g/mol. The van der Waals surface area contributed by atoms with Gasteiger partial charge >= 0.3 is 0 Å². The van der Waals surface area contributed by atoms with Crippen LogP contribution in [0.5, 0.6) is 0 Å². The van der Waals surface area contributed by atoms with Crippen molar-refractivity contribution in [2.24, 2.45) is 0 Å². The van der Waals surface area contributed by atoms with Crippen LogP contribution in [0.4, 0.5) is 5.13 Å². The molecule has 0 saturated carbocycles. The van der Waals surface area contributed by atoms with E-state index < -0.39 is 10.0 Å². The predicted molar refractivity (Wildman–Crippen MR) is 143 cm³/mol. The molecule has 1 saturated heterocycles. The first-order valence-electron chi connectivity index (χ1n) is 12.4. The molecule has 1 aliphatic rings. The smallest absolute Gasteiger partial charge is 0.260 e. The first-order valence-corrected chi connectivity index (χ1v) is 14.6. The summed E-state index contributed by atoms with van der Waals surface area (Å²) in [5.41, 5.74) is 2.45. The molecule has 3 aromatic rings. The number of likely N-dealkylation sites (N-methyl/N-ethyl adjacent to an activating group) is 1. The quantitative estimate of drug-likeness (QED) is 0.411. The van der Waals surface area contributed by atoms with Crippen LogP contribution >= 0.6 is 11.3 Å². The predicted octanol–water partition coefficient (Wildman–Crippen LogP) is 4.77. The Hall–Kier alpha value is -2.33. The van der Waals surface area contributed by atoms with E-state index in [1.54, 1.807) is 33.5 Å². The van der Waals surface area contributed by atoms with Gasteiger partial charge in [0, 0.05) is 31.7 Å². The van der Waals surface area contributed by atoms with Gasteiger partial charge in [0.1, 0.15) is 0 Å². The summed E-state index contributed by atoms with van der Waals surface area (Å²) in [5, 5.41) is 0.663. The van der Waals surface area contributed by atoms with E-state index >= 15 is 0 Å². The number of carbonyl (C=O) groups is 1. The van der Waals surface area contributed by atoms with Gasteiger partial charge < -0.3 is 4.90 Å². The molecule has 0 aliphatic carbocycles.